The van der Waals surface area contributed by atoms with Gasteiger partial charge in [0.25, 0.3) is 0 Å². The minimum atomic E-state index is -0.583. The van der Waals surface area contributed by atoms with E-state index in [0.29, 0.717) is 18.0 Å². The summed E-state index contributed by atoms with van der Waals surface area (Å²) < 4.78 is 4.88. The minimum Gasteiger partial charge on any atom is -0.480 e. The number of aliphatic hydroxyl groups is 1. The summed E-state index contributed by atoms with van der Waals surface area (Å²) in [4.78, 5) is 0. The first-order valence-electron chi connectivity index (χ1n) is 4.83. The van der Waals surface area contributed by atoms with Crippen LogP contribution in [-0.2, 0) is 0 Å². The molecule has 0 amide bonds. The van der Waals surface area contributed by atoms with Gasteiger partial charge < -0.3 is 9.84 Å². The van der Waals surface area contributed by atoms with Crippen molar-refractivity contribution < 1.29 is 9.84 Å². The van der Waals surface area contributed by atoms with Gasteiger partial charge in [-0.25, -0.2) is 0 Å². The van der Waals surface area contributed by atoms with Crippen LogP contribution in [0.3, 0.4) is 0 Å². The zero-order valence-corrected chi connectivity index (χ0v) is 9.10. The molecule has 0 aromatic carbocycles. The van der Waals surface area contributed by atoms with Crippen molar-refractivity contribution in [2.45, 2.75) is 25.9 Å². The molecule has 0 saturated heterocycles. The number of methoxy groups -OCH3 is 1. The van der Waals surface area contributed by atoms with Gasteiger partial charge in [-0.05, 0) is 25.8 Å². The molecule has 0 aliphatic heterocycles. The van der Waals surface area contributed by atoms with Crippen molar-refractivity contribution in [3.8, 4) is 5.88 Å². The first-order chi connectivity index (χ1) is 7.13. The van der Waals surface area contributed by atoms with Crippen LogP contribution in [-0.4, -0.2) is 22.4 Å². The van der Waals surface area contributed by atoms with Gasteiger partial charge in [0.2, 0.25) is 5.88 Å². The van der Waals surface area contributed by atoms with Gasteiger partial charge in [-0.3, -0.25) is 0 Å². The highest BCUT2D eigenvalue weighted by atomic mass is 16.5. The first kappa shape index (κ1) is 11.7. The van der Waals surface area contributed by atoms with Gasteiger partial charge >= 0.3 is 0 Å². The Bertz CT molecular complexity index is 322. The smallest absolute Gasteiger partial charge is 0.233 e. The average Bonchev–Trinajstić information content (AvgIpc) is 2.26. The third-order valence-corrected chi connectivity index (χ3v) is 2.06. The van der Waals surface area contributed by atoms with E-state index in [1.807, 2.05) is 6.92 Å². The van der Waals surface area contributed by atoms with E-state index >= 15 is 0 Å². The fourth-order valence-corrected chi connectivity index (χ4v) is 1.15. The van der Waals surface area contributed by atoms with Crippen LogP contribution in [0.4, 0.5) is 0 Å². The molecular formula is C11H16N2O2. The van der Waals surface area contributed by atoms with Crippen molar-refractivity contribution in [2.75, 3.05) is 7.11 Å². The summed E-state index contributed by atoms with van der Waals surface area (Å²) in [5, 5.41) is 17.4. The standard InChI is InChI=1S/C11H16N2O2/c1-8(2)4-6-10(14)9-5-7-11(15-3)13-12-9/h5,7,10,14H,1,4,6H2,2-3H3. The maximum Gasteiger partial charge on any atom is 0.233 e. The highest BCUT2D eigenvalue weighted by Crippen LogP contribution is 2.18. The fourth-order valence-electron chi connectivity index (χ4n) is 1.15. The molecule has 4 nitrogen and oxygen atoms in total. The second kappa shape index (κ2) is 5.46. The largest absolute Gasteiger partial charge is 0.480 e. The third-order valence-electron chi connectivity index (χ3n) is 2.06. The van der Waals surface area contributed by atoms with Crippen LogP contribution in [0.25, 0.3) is 0 Å². The molecule has 1 N–H and O–H groups in total. The van der Waals surface area contributed by atoms with E-state index in [2.05, 4.69) is 16.8 Å². The highest BCUT2D eigenvalue weighted by Gasteiger charge is 2.09. The number of ether oxygens (including phenoxy) is 1. The molecule has 0 aliphatic carbocycles. The van der Waals surface area contributed by atoms with E-state index < -0.39 is 6.10 Å². The lowest BCUT2D eigenvalue weighted by Gasteiger charge is -2.09. The van der Waals surface area contributed by atoms with Crippen molar-refractivity contribution in [3.63, 3.8) is 0 Å². The quantitative estimate of drug-likeness (QED) is 0.750. The molecule has 1 aromatic heterocycles. The maximum atomic E-state index is 9.75. The van der Waals surface area contributed by atoms with Crippen LogP contribution < -0.4 is 4.74 Å². The fraction of sp³-hybridized carbons (Fsp3) is 0.455. The Labute approximate surface area is 89.6 Å². The monoisotopic (exact) mass is 208 g/mol. The molecule has 1 atom stereocenters. The zero-order chi connectivity index (χ0) is 11.3. The van der Waals surface area contributed by atoms with Crippen LogP contribution in [0.2, 0.25) is 0 Å². The normalized spacial score (nSPS) is 12.2. The van der Waals surface area contributed by atoms with Crippen molar-refractivity contribution >= 4 is 0 Å². The Morgan fingerprint density at radius 3 is 2.73 bits per heavy atom. The third kappa shape index (κ3) is 3.67. The van der Waals surface area contributed by atoms with Crippen LogP contribution in [0.15, 0.2) is 24.3 Å². The molecule has 0 aliphatic rings. The summed E-state index contributed by atoms with van der Waals surface area (Å²) in [6.07, 6.45) is 0.825. The molecule has 82 valence electrons. The van der Waals surface area contributed by atoms with E-state index in [1.165, 1.54) is 7.11 Å². The molecular weight excluding hydrogens is 192 g/mol. The Morgan fingerprint density at radius 2 is 2.27 bits per heavy atom. The highest BCUT2D eigenvalue weighted by molar-refractivity contribution is 5.13. The Kier molecular flexibility index (Phi) is 4.24. The Hall–Kier alpha value is -1.42. The van der Waals surface area contributed by atoms with Gasteiger partial charge in [0.1, 0.15) is 0 Å². The number of rotatable bonds is 5. The number of allylic oxidation sites excluding steroid dienone is 1. The predicted octanol–water partition coefficient (Wildman–Crippen LogP) is 1.87. The van der Waals surface area contributed by atoms with Crippen molar-refractivity contribution in [1.29, 1.82) is 0 Å². The van der Waals surface area contributed by atoms with Gasteiger partial charge in [-0.15, -0.1) is 16.8 Å². The lowest BCUT2D eigenvalue weighted by Crippen LogP contribution is -2.02. The van der Waals surface area contributed by atoms with Gasteiger partial charge in [-0.1, -0.05) is 5.57 Å². The van der Waals surface area contributed by atoms with Crippen molar-refractivity contribution in [1.82, 2.24) is 10.2 Å². The summed E-state index contributed by atoms with van der Waals surface area (Å²) in [5.74, 6) is 0.450. The summed E-state index contributed by atoms with van der Waals surface area (Å²) in [6.45, 7) is 5.72. The summed E-state index contributed by atoms with van der Waals surface area (Å²) >= 11 is 0. The van der Waals surface area contributed by atoms with Crippen LogP contribution in [0, 0.1) is 0 Å². The SMILES string of the molecule is C=C(C)CCC(O)c1ccc(OC)nn1. The minimum absolute atomic E-state index is 0.450. The van der Waals surface area contributed by atoms with Gasteiger partial charge in [0, 0.05) is 6.07 Å². The number of aliphatic hydroxyl groups excluding tert-OH is 1. The number of nitrogens with zero attached hydrogens (tertiary/aromatic N) is 2. The zero-order valence-electron chi connectivity index (χ0n) is 9.10. The number of aromatic nitrogens is 2. The first-order valence-corrected chi connectivity index (χ1v) is 4.83. The molecule has 1 unspecified atom stereocenters. The molecule has 1 heterocycles. The number of hydrogen-bond acceptors (Lipinski definition) is 4. The second-order valence-electron chi connectivity index (χ2n) is 3.51. The molecule has 1 rings (SSSR count). The van der Waals surface area contributed by atoms with Crippen LogP contribution >= 0.6 is 0 Å². The molecule has 0 radical (unpaired) electrons. The average molecular weight is 208 g/mol. The van der Waals surface area contributed by atoms with E-state index in [0.717, 1.165) is 12.0 Å². The Morgan fingerprint density at radius 1 is 1.53 bits per heavy atom. The lowest BCUT2D eigenvalue weighted by molar-refractivity contribution is 0.161. The molecule has 15 heavy (non-hydrogen) atoms. The molecule has 4 heteroatoms. The van der Waals surface area contributed by atoms with Gasteiger partial charge in [-0.2, -0.15) is 0 Å². The van der Waals surface area contributed by atoms with E-state index in [1.54, 1.807) is 12.1 Å². The lowest BCUT2D eigenvalue weighted by atomic mass is 10.1. The van der Waals surface area contributed by atoms with Gasteiger partial charge in [0.15, 0.2) is 0 Å². The number of hydrogen-bond donors (Lipinski definition) is 1. The molecule has 0 bridgehead atoms. The van der Waals surface area contributed by atoms with Crippen LogP contribution in [0.1, 0.15) is 31.6 Å². The van der Waals surface area contributed by atoms with E-state index in [-0.39, 0.29) is 0 Å². The molecule has 0 saturated carbocycles. The van der Waals surface area contributed by atoms with E-state index in [9.17, 15) is 5.11 Å². The maximum absolute atomic E-state index is 9.75. The van der Waals surface area contributed by atoms with Gasteiger partial charge in [0.05, 0.1) is 18.9 Å². The van der Waals surface area contributed by atoms with Crippen LogP contribution in [0.5, 0.6) is 5.88 Å². The van der Waals surface area contributed by atoms with Crippen molar-refractivity contribution in [2.24, 2.45) is 0 Å². The van der Waals surface area contributed by atoms with Crippen molar-refractivity contribution in [3.05, 3.63) is 30.0 Å². The Balaban J connectivity index is 2.57. The summed E-state index contributed by atoms with van der Waals surface area (Å²) in [7, 11) is 1.53. The molecule has 0 spiro atoms. The summed E-state index contributed by atoms with van der Waals surface area (Å²) in [6, 6.07) is 3.40. The van der Waals surface area contributed by atoms with E-state index in [4.69, 9.17) is 4.74 Å². The predicted molar refractivity (Wildman–Crippen MR) is 57.6 cm³/mol. The second-order valence-corrected chi connectivity index (χ2v) is 3.51. The topological polar surface area (TPSA) is 55.2 Å². The molecule has 1 aromatic rings. The molecule has 0 fully saturated rings. The summed E-state index contributed by atoms with van der Waals surface area (Å²) in [5.41, 5.74) is 1.62.